The summed E-state index contributed by atoms with van der Waals surface area (Å²) in [7, 11) is -1.78. The molecule has 30 heavy (non-hydrogen) atoms. The minimum atomic E-state index is -1.78. The van der Waals surface area contributed by atoms with Crippen LogP contribution in [0.1, 0.15) is 36.7 Å². The summed E-state index contributed by atoms with van der Waals surface area (Å²) in [4.78, 5) is 14.3. The third-order valence-electron chi connectivity index (χ3n) is 4.29. The normalized spacial score (nSPS) is 11.6. The van der Waals surface area contributed by atoms with E-state index in [0.29, 0.717) is 31.6 Å². The van der Waals surface area contributed by atoms with Crippen LogP contribution in [0.5, 0.6) is 0 Å². The third kappa shape index (κ3) is 8.73. The number of rotatable bonds is 13. The fourth-order valence-corrected chi connectivity index (χ4v) is 2.82. The Kier molecular flexibility index (Phi) is 12.1. The highest BCUT2D eigenvalue weighted by Gasteiger charge is 2.20. The number of benzene rings is 1. The molecule has 1 unspecified atom stereocenters. The number of tetrazole rings is 1. The molecule has 0 saturated heterocycles. The van der Waals surface area contributed by atoms with Gasteiger partial charge in [-0.05, 0) is 35.3 Å². The highest BCUT2D eigenvalue weighted by atomic mass is 35.5. The molecule has 0 spiro atoms. The van der Waals surface area contributed by atoms with Gasteiger partial charge in [0.25, 0.3) is 0 Å². The maximum absolute atomic E-state index is 12.7. The van der Waals surface area contributed by atoms with Crippen LogP contribution in [0.3, 0.4) is 0 Å². The Morgan fingerprint density at radius 3 is 2.67 bits per heavy atom. The van der Waals surface area contributed by atoms with Gasteiger partial charge in [-0.15, -0.1) is 17.5 Å². The lowest BCUT2D eigenvalue weighted by Crippen LogP contribution is -2.36. The van der Waals surface area contributed by atoms with E-state index in [1.807, 2.05) is 30.3 Å². The molecular weight excluding hydrogens is 414 g/mol. The number of amides is 1. The summed E-state index contributed by atoms with van der Waals surface area (Å²) >= 11 is 0. The van der Waals surface area contributed by atoms with Crippen molar-refractivity contribution >= 4 is 25.6 Å². The minimum Gasteiger partial charge on any atom is -0.402 e. The topological polar surface area (TPSA) is 160 Å². The van der Waals surface area contributed by atoms with Crippen LogP contribution >= 0.6 is 12.4 Å². The first-order valence-corrected chi connectivity index (χ1v) is 9.43. The number of hydrogen-bond acceptors (Lipinski definition) is 9. The molecule has 0 radical (unpaired) electrons. The molecule has 11 nitrogen and oxygen atoms in total. The van der Waals surface area contributed by atoms with Crippen LogP contribution in [0.15, 0.2) is 30.3 Å². The second kappa shape index (κ2) is 14.0. The number of aliphatic hydroxyl groups excluding tert-OH is 1. The first kappa shape index (κ1) is 26.0. The van der Waals surface area contributed by atoms with E-state index in [4.69, 9.17) is 15.8 Å². The van der Waals surface area contributed by atoms with Crippen LogP contribution in [0.25, 0.3) is 0 Å². The molecule has 0 fully saturated rings. The number of hydrogen-bond donors (Lipinski definition) is 4. The standard InChI is InChI=1S/C17H27BN6O5.ClH/c19-15(8-4-5-11-29-18(27)28)17-20-21-22-24(17)13-16(26)23(9-10-25)12-14-6-2-1-3-7-14;/h1-3,6-7,15,25,27-28H,4-5,8-13,19H2;1H. The fourth-order valence-electron chi connectivity index (χ4n) is 2.82. The van der Waals surface area contributed by atoms with E-state index in [9.17, 15) is 9.90 Å². The number of carbonyl (C=O) groups is 1. The maximum Gasteiger partial charge on any atom is 0.633 e. The molecule has 1 aromatic heterocycles. The van der Waals surface area contributed by atoms with Crippen LogP contribution in [-0.4, -0.2) is 73.2 Å². The number of halogens is 1. The van der Waals surface area contributed by atoms with Gasteiger partial charge in [0.15, 0.2) is 5.82 Å². The zero-order valence-corrected chi connectivity index (χ0v) is 17.4. The van der Waals surface area contributed by atoms with E-state index in [-0.39, 0.29) is 44.6 Å². The summed E-state index contributed by atoms with van der Waals surface area (Å²) in [6, 6.07) is 9.03. The van der Waals surface area contributed by atoms with Crippen LogP contribution in [0.2, 0.25) is 0 Å². The van der Waals surface area contributed by atoms with Gasteiger partial charge in [-0.2, -0.15) is 0 Å². The van der Waals surface area contributed by atoms with Gasteiger partial charge in [0, 0.05) is 19.7 Å². The quantitative estimate of drug-likeness (QED) is 0.232. The van der Waals surface area contributed by atoms with E-state index in [1.54, 1.807) is 4.90 Å². The van der Waals surface area contributed by atoms with Gasteiger partial charge in [-0.3, -0.25) is 4.79 Å². The van der Waals surface area contributed by atoms with Crippen molar-refractivity contribution < 1.29 is 24.6 Å². The Hall–Kier alpha value is -2.09. The smallest absolute Gasteiger partial charge is 0.402 e. The van der Waals surface area contributed by atoms with Crippen molar-refractivity contribution in [3.63, 3.8) is 0 Å². The highest BCUT2D eigenvalue weighted by Crippen LogP contribution is 2.14. The first-order chi connectivity index (χ1) is 14.0. The van der Waals surface area contributed by atoms with E-state index in [2.05, 4.69) is 20.2 Å². The number of nitrogens with zero attached hydrogens (tertiary/aromatic N) is 5. The monoisotopic (exact) mass is 442 g/mol. The van der Waals surface area contributed by atoms with Crippen LogP contribution < -0.4 is 5.73 Å². The molecule has 0 saturated carbocycles. The number of aliphatic hydroxyl groups is 1. The Morgan fingerprint density at radius 2 is 2.00 bits per heavy atom. The van der Waals surface area contributed by atoms with E-state index < -0.39 is 13.4 Å². The van der Waals surface area contributed by atoms with Gasteiger partial charge in [0.2, 0.25) is 5.91 Å². The summed E-state index contributed by atoms with van der Waals surface area (Å²) in [5.41, 5.74) is 7.11. The largest absolute Gasteiger partial charge is 0.633 e. The van der Waals surface area contributed by atoms with Crippen LogP contribution in [0.4, 0.5) is 0 Å². The van der Waals surface area contributed by atoms with Gasteiger partial charge >= 0.3 is 7.32 Å². The minimum absolute atomic E-state index is 0. The van der Waals surface area contributed by atoms with Crippen LogP contribution in [0, 0.1) is 0 Å². The average molecular weight is 443 g/mol. The number of aromatic nitrogens is 4. The number of carbonyl (C=O) groups excluding carboxylic acids is 1. The summed E-state index contributed by atoms with van der Waals surface area (Å²) in [5.74, 6) is 0.166. The first-order valence-electron chi connectivity index (χ1n) is 9.43. The Bertz CT molecular complexity index is 738. The summed E-state index contributed by atoms with van der Waals surface area (Å²) < 4.78 is 6.01. The van der Waals surface area contributed by atoms with E-state index in [1.165, 1.54) is 4.68 Å². The Balaban J connectivity index is 0.00000450. The molecule has 2 rings (SSSR count). The zero-order valence-electron chi connectivity index (χ0n) is 16.6. The molecule has 166 valence electrons. The molecule has 0 aliphatic rings. The van der Waals surface area contributed by atoms with Crippen molar-refractivity contribution in [3.05, 3.63) is 41.7 Å². The fraction of sp³-hybridized carbons (Fsp3) is 0.529. The number of nitrogens with two attached hydrogens (primary N) is 1. The van der Waals surface area contributed by atoms with Gasteiger partial charge < -0.3 is 30.4 Å². The van der Waals surface area contributed by atoms with Crippen molar-refractivity contribution in [1.29, 1.82) is 0 Å². The predicted molar refractivity (Wildman–Crippen MR) is 111 cm³/mol. The van der Waals surface area contributed by atoms with E-state index >= 15 is 0 Å². The molecule has 0 aliphatic heterocycles. The molecule has 0 bridgehead atoms. The molecule has 0 aliphatic carbocycles. The Morgan fingerprint density at radius 1 is 1.27 bits per heavy atom. The lowest BCUT2D eigenvalue weighted by atomic mass is 10.1. The summed E-state index contributed by atoms with van der Waals surface area (Å²) in [6.07, 6.45) is 1.80. The molecule has 1 heterocycles. The molecular formula is C17H28BClN6O5. The predicted octanol–water partition coefficient (Wildman–Crippen LogP) is -0.728. The second-order valence-corrected chi connectivity index (χ2v) is 6.52. The second-order valence-electron chi connectivity index (χ2n) is 6.52. The molecule has 5 N–H and O–H groups in total. The van der Waals surface area contributed by atoms with E-state index in [0.717, 1.165) is 5.56 Å². The zero-order chi connectivity index (χ0) is 21.1. The molecule has 1 aromatic carbocycles. The van der Waals surface area contributed by atoms with Gasteiger partial charge in [-0.25, -0.2) is 4.68 Å². The Labute approximate surface area is 181 Å². The van der Waals surface area contributed by atoms with Crippen molar-refractivity contribution in [2.75, 3.05) is 19.8 Å². The van der Waals surface area contributed by atoms with Crippen molar-refractivity contribution in [2.24, 2.45) is 5.73 Å². The lowest BCUT2D eigenvalue weighted by Gasteiger charge is -2.22. The van der Waals surface area contributed by atoms with Gasteiger partial charge in [0.05, 0.1) is 12.6 Å². The molecule has 1 atom stereocenters. The van der Waals surface area contributed by atoms with Crippen molar-refractivity contribution in [2.45, 2.75) is 38.4 Å². The third-order valence-corrected chi connectivity index (χ3v) is 4.29. The highest BCUT2D eigenvalue weighted by molar-refractivity contribution is 6.32. The molecule has 13 heteroatoms. The summed E-state index contributed by atoms with van der Waals surface area (Å²) in [5, 5.41) is 38.0. The molecule has 1 amide bonds. The lowest BCUT2D eigenvalue weighted by molar-refractivity contribution is -0.133. The SMILES string of the molecule is Cl.NC(CCCCOB(O)O)c1nnnn1CC(=O)N(CCO)Cc1ccccc1. The maximum atomic E-state index is 12.7. The van der Waals surface area contributed by atoms with Crippen molar-refractivity contribution in [3.8, 4) is 0 Å². The molecule has 2 aromatic rings. The van der Waals surface area contributed by atoms with Gasteiger partial charge in [0.1, 0.15) is 6.54 Å². The number of unbranched alkanes of at least 4 members (excludes halogenated alkanes) is 1. The van der Waals surface area contributed by atoms with Crippen molar-refractivity contribution in [1.82, 2.24) is 25.1 Å². The van der Waals surface area contributed by atoms with Crippen LogP contribution in [-0.2, 0) is 22.5 Å². The summed E-state index contributed by atoms with van der Waals surface area (Å²) in [6.45, 7) is 0.547. The average Bonchev–Trinajstić information content (AvgIpc) is 3.16. The van der Waals surface area contributed by atoms with Gasteiger partial charge in [-0.1, -0.05) is 30.3 Å².